The molecule has 0 amide bonds. The Morgan fingerprint density at radius 2 is 1.77 bits per heavy atom. The van der Waals surface area contributed by atoms with Crippen molar-refractivity contribution in [3.63, 3.8) is 0 Å². The Morgan fingerprint density at radius 3 is 2.58 bits per heavy atom. The van der Waals surface area contributed by atoms with Crippen LogP contribution < -0.4 is 16.4 Å². The molecule has 0 aliphatic rings. The largest absolute Gasteiger partial charge is 0.393 e. The summed E-state index contributed by atoms with van der Waals surface area (Å²) in [4.78, 5) is 17.4. The number of pyridine rings is 1. The summed E-state index contributed by atoms with van der Waals surface area (Å²) in [6.07, 6.45) is 1.45. The van der Waals surface area contributed by atoms with E-state index in [1.807, 2.05) is 37.3 Å². The molecule has 7 nitrogen and oxygen atoms in total. The Labute approximate surface area is 154 Å². The summed E-state index contributed by atoms with van der Waals surface area (Å²) in [5.74, 6) is 1.68. The van der Waals surface area contributed by atoms with Crippen LogP contribution in [-0.4, -0.2) is 19.9 Å². The molecule has 4 N–H and O–H groups in total. The lowest BCUT2D eigenvalue weighted by atomic mass is 10.2. The molecule has 0 aliphatic heterocycles. The molecular weight excluding hydrogens is 346 g/mol. The van der Waals surface area contributed by atoms with Crippen molar-refractivity contribution in [2.45, 2.75) is 13.8 Å². The minimum atomic E-state index is 0.409. The van der Waals surface area contributed by atoms with Gasteiger partial charge in [-0.3, -0.25) is 0 Å². The van der Waals surface area contributed by atoms with Gasteiger partial charge in [0.2, 0.25) is 0 Å². The van der Waals surface area contributed by atoms with Gasteiger partial charge < -0.3 is 16.4 Å². The highest BCUT2D eigenvalue weighted by Crippen LogP contribution is 2.32. The first-order valence-corrected chi connectivity index (χ1v) is 8.85. The number of thiazole rings is 1. The first-order valence-electron chi connectivity index (χ1n) is 8.04. The summed E-state index contributed by atoms with van der Waals surface area (Å²) in [6, 6.07) is 11.9. The number of anilines is 5. The first kappa shape index (κ1) is 16.2. The van der Waals surface area contributed by atoms with Crippen LogP contribution in [0.2, 0.25) is 0 Å². The van der Waals surface area contributed by atoms with E-state index in [1.54, 1.807) is 11.3 Å². The second-order valence-corrected chi connectivity index (χ2v) is 6.92. The van der Waals surface area contributed by atoms with Gasteiger partial charge in [0.25, 0.3) is 0 Å². The highest BCUT2D eigenvalue weighted by Gasteiger charge is 2.11. The van der Waals surface area contributed by atoms with E-state index in [9.17, 15) is 0 Å². The zero-order valence-electron chi connectivity index (χ0n) is 14.3. The summed E-state index contributed by atoms with van der Waals surface area (Å²) >= 11 is 1.56. The number of nitrogens with two attached hydrogens (primary N) is 1. The predicted octanol–water partition coefficient (Wildman–Crippen LogP) is 4.17. The Balaban J connectivity index is 1.62. The minimum Gasteiger partial charge on any atom is -0.393 e. The molecule has 8 heteroatoms. The van der Waals surface area contributed by atoms with Crippen molar-refractivity contribution in [1.29, 1.82) is 0 Å². The normalized spacial score (nSPS) is 10.8. The molecule has 0 spiro atoms. The summed E-state index contributed by atoms with van der Waals surface area (Å²) in [5.41, 5.74) is 9.69. The van der Waals surface area contributed by atoms with Crippen LogP contribution in [0.5, 0.6) is 0 Å². The maximum atomic E-state index is 6.23. The molecule has 0 aliphatic carbocycles. The van der Waals surface area contributed by atoms with E-state index in [4.69, 9.17) is 5.73 Å². The molecule has 0 saturated carbocycles. The molecule has 0 atom stereocenters. The fraction of sp³-hybridized carbons (Fsp3) is 0.111. The number of benzene rings is 1. The van der Waals surface area contributed by atoms with E-state index < -0.39 is 0 Å². The highest BCUT2D eigenvalue weighted by molar-refractivity contribution is 7.22. The monoisotopic (exact) mass is 363 g/mol. The molecular formula is C18H17N7S. The second kappa shape index (κ2) is 6.57. The number of aromatic nitrogens is 4. The lowest BCUT2D eigenvalue weighted by Crippen LogP contribution is -2.05. The molecule has 26 heavy (non-hydrogen) atoms. The zero-order chi connectivity index (χ0) is 18.1. The lowest BCUT2D eigenvalue weighted by Gasteiger charge is -2.11. The third kappa shape index (κ3) is 3.27. The van der Waals surface area contributed by atoms with Gasteiger partial charge in [-0.05, 0) is 43.7 Å². The maximum absolute atomic E-state index is 6.23. The SMILES string of the molecule is Cc1ccc2nc(Nc3ncnc(Nc4cccc(C)n4)c3N)sc2c1. The van der Waals surface area contributed by atoms with Crippen molar-refractivity contribution in [2.24, 2.45) is 0 Å². The van der Waals surface area contributed by atoms with Crippen molar-refractivity contribution in [2.75, 3.05) is 16.4 Å². The van der Waals surface area contributed by atoms with E-state index >= 15 is 0 Å². The maximum Gasteiger partial charge on any atom is 0.189 e. The fourth-order valence-corrected chi connectivity index (χ4v) is 3.48. The molecule has 4 rings (SSSR count). The lowest BCUT2D eigenvalue weighted by molar-refractivity contribution is 1.15. The molecule has 0 saturated heterocycles. The van der Waals surface area contributed by atoms with Crippen LogP contribution in [-0.2, 0) is 0 Å². The number of hydrogen-bond donors (Lipinski definition) is 3. The van der Waals surface area contributed by atoms with Crippen LogP contribution in [0.1, 0.15) is 11.3 Å². The van der Waals surface area contributed by atoms with Gasteiger partial charge in [0.15, 0.2) is 16.8 Å². The van der Waals surface area contributed by atoms with Gasteiger partial charge in [-0.1, -0.05) is 23.5 Å². The summed E-state index contributed by atoms with van der Waals surface area (Å²) in [7, 11) is 0. The van der Waals surface area contributed by atoms with Crippen molar-refractivity contribution in [3.8, 4) is 0 Å². The Morgan fingerprint density at radius 1 is 0.962 bits per heavy atom. The van der Waals surface area contributed by atoms with E-state index in [0.717, 1.165) is 21.0 Å². The predicted molar refractivity (Wildman–Crippen MR) is 106 cm³/mol. The van der Waals surface area contributed by atoms with Crippen LogP contribution in [0.3, 0.4) is 0 Å². The molecule has 0 radical (unpaired) electrons. The summed E-state index contributed by atoms with van der Waals surface area (Å²) in [6.45, 7) is 3.99. The quantitative estimate of drug-likeness (QED) is 0.500. The standard InChI is InChI=1S/C18H17N7S/c1-10-6-7-12-13(8-10)26-18(23-12)25-17-15(19)16(20-9-21-17)24-14-5-3-4-11(2)22-14/h3-9H,19H2,1-2H3,(H2,20,21,22,23,24,25). The molecule has 3 heterocycles. The molecule has 0 fully saturated rings. The highest BCUT2D eigenvalue weighted by atomic mass is 32.1. The van der Waals surface area contributed by atoms with Crippen LogP contribution in [0.15, 0.2) is 42.7 Å². The smallest absolute Gasteiger partial charge is 0.189 e. The number of nitrogen functional groups attached to an aromatic ring is 1. The number of hydrogen-bond acceptors (Lipinski definition) is 8. The van der Waals surface area contributed by atoms with Crippen molar-refractivity contribution >= 4 is 49.8 Å². The number of nitrogens with zero attached hydrogens (tertiary/aromatic N) is 4. The first-order chi connectivity index (χ1) is 12.6. The van der Waals surface area contributed by atoms with Gasteiger partial charge in [0.1, 0.15) is 17.8 Å². The average Bonchev–Trinajstić information content (AvgIpc) is 3.00. The molecule has 0 unspecified atom stereocenters. The fourth-order valence-electron chi connectivity index (χ4n) is 2.52. The molecule has 130 valence electrons. The Bertz CT molecular complexity index is 1090. The summed E-state index contributed by atoms with van der Waals surface area (Å²) in [5, 5.41) is 7.05. The van der Waals surface area contributed by atoms with Crippen LogP contribution in [0, 0.1) is 13.8 Å². The van der Waals surface area contributed by atoms with E-state index in [0.29, 0.717) is 23.1 Å². The van der Waals surface area contributed by atoms with Crippen LogP contribution in [0.25, 0.3) is 10.2 Å². The zero-order valence-corrected chi connectivity index (χ0v) is 15.1. The van der Waals surface area contributed by atoms with E-state index in [1.165, 1.54) is 11.9 Å². The van der Waals surface area contributed by atoms with Gasteiger partial charge in [0.05, 0.1) is 10.2 Å². The Kier molecular flexibility index (Phi) is 4.10. The van der Waals surface area contributed by atoms with Gasteiger partial charge in [0, 0.05) is 5.69 Å². The topological polar surface area (TPSA) is 102 Å². The third-order valence-electron chi connectivity index (χ3n) is 3.79. The number of rotatable bonds is 4. The van der Waals surface area contributed by atoms with Gasteiger partial charge in [-0.25, -0.2) is 19.9 Å². The molecule has 3 aromatic heterocycles. The van der Waals surface area contributed by atoms with Crippen molar-refractivity contribution in [1.82, 2.24) is 19.9 Å². The van der Waals surface area contributed by atoms with E-state index in [-0.39, 0.29) is 0 Å². The average molecular weight is 363 g/mol. The van der Waals surface area contributed by atoms with Gasteiger partial charge in [-0.15, -0.1) is 0 Å². The van der Waals surface area contributed by atoms with Crippen molar-refractivity contribution in [3.05, 3.63) is 54.0 Å². The molecule has 4 aromatic rings. The third-order valence-corrected chi connectivity index (χ3v) is 4.72. The number of aryl methyl sites for hydroxylation is 2. The number of fused-ring (bicyclic) bond motifs is 1. The molecule has 0 bridgehead atoms. The second-order valence-electron chi connectivity index (χ2n) is 5.89. The van der Waals surface area contributed by atoms with E-state index in [2.05, 4.69) is 43.6 Å². The Hall–Kier alpha value is -3.26. The summed E-state index contributed by atoms with van der Waals surface area (Å²) < 4.78 is 1.11. The number of nitrogens with one attached hydrogen (secondary N) is 2. The van der Waals surface area contributed by atoms with Gasteiger partial charge in [-0.2, -0.15) is 0 Å². The van der Waals surface area contributed by atoms with Crippen molar-refractivity contribution < 1.29 is 0 Å². The van der Waals surface area contributed by atoms with Gasteiger partial charge >= 0.3 is 0 Å². The van der Waals surface area contributed by atoms with Crippen LogP contribution in [0.4, 0.5) is 28.3 Å². The minimum absolute atomic E-state index is 0.409. The van der Waals surface area contributed by atoms with Crippen LogP contribution >= 0.6 is 11.3 Å². The molecule has 1 aromatic carbocycles.